The molecule has 0 spiro atoms. The molecule has 570 valence electrons. The molecule has 19 heteroatoms. The Morgan fingerprint density at radius 3 is 1.08 bits per heavy atom. The van der Waals surface area contributed by atoms with Gasteiger partial charge in [0.2, 0.25) is 5.91 Å². The summed E-state index contributed by atoms with van der Waals surface area (Å²) in [4.78, 5) is 13.4. The smallest absolute Gasteiger partial charge is 0.220 e. The van der Waals surface area contributed by atoms with Crippen molar-refractivity contribution in [2.45, 2.75) is 394 Å². The quantitative estimate of drug-likeness (QED) is 0.0199. The number of nitrogens with one attached hydrogen (secondary N) is 1. The summed E-state index contributed by atoms with van der Waals surface area (Å²) in [5.74, 6) is -0.284. The van der Waals surface area contributed by atoms with Crippen molar-refractivity contribution in [3.63, 3.8) is 0 Å². The van der Waals surface area contributed by atoms with Crippen molar-refractivity contribution in [1.82, 2.24) is 5.32 Å². The van der Waals surface area contributed by atoms with Gasteiger partial charge >= 0.3 is 0 Å². The van der Waals surface area contributed by atoms with E-state index in [0.29, 0.717) is 19.3 Å². The van der Waals surface area contributed by atoms with Crippen LogP contribution in [-0.4, -0.2) is 193 Å². The van der Waals surface area contributed by atoms with Crippen molar-refractivity contribution in [3.8, 4) is 0 Å². The molecule has 3 fully saturated rings. The number of rotatable bonds is 61. The molecule has 3 aliphatic heterocycles. The van der Waals surface area contributed by atoms with Gasteiger partial charge in [-0.3, -0.25) is 4.79 Å². The van der Waals surface area contributed by atoms with Crippen LogP contribution < -0.4 is 5.32 Å². The maximum absolute atomic E-state index is 13.4. The number of aliphatic hydroxyl groups excluding tert-OH is 11. The minimum absolute atomic E-state index is 0.208. The molecular formula is C79H141NO18. The highest BCUT2D eigenvalue weighted by atomic mass is 16.8. The lowest BCUT2D eigenvalue weighted by Gasteiger charge is -2.48. The Balaban J connectivity index is 1.38. The summed E-state index contributed by atoms with van der Waals surface area (Å²) in [6.07, 6.45) is 50.0. The van der Waals surface area contributed by atoms with Crippen molar-refractivity contribution in [2.24, 2.45) is 0 Å². The summed E-state index contributed by atoms with van der Waals surface area (Å²) in [6.45, 7) is 1.68. The van der Waals surface area contributed by atoms with Crippen LogP contribution in [0, 0.1) is 0 Å². The third kappa shape index (κ3) is 39.8. The SMILES string of the molecule is CC/C=C\C/C=C\C/C=C\C/C=C\C/C=C\C/C=C\CCCCC(=O)NC(COC1OC(CO)C(OC2OC(CO)C(OC3OC(CO)C(O)C(O)C3O)C(O)C2O)C(O)C1O)C(O)CCCCCCCCCCCCCCCCCCCCCCCCCCCCCCCCCC. The van der Waals surface area contributed by atoms with Crippen molar-refractivity contribution < 1.29 is 89.4 Å². The van der Waals surface area contributed by atoms with E-state index in [0.717, 1.165) is 70.6 Å². The van der Waals surface area contributed by atoms with E-state index in [9.17, 15) is 61.0 Å². The normalized spacial score (nSPS) is 27.1. The molecule has 0 saturated carbocycles. The standard InChI is InChI=1S/C79H141NO18/c1-3-5-7-9-11-13-15-17-19-21-23-25-26-27-28-29-30-31-32-33-34-35-37-38-40-42-44-46-48-50-52-54-56-63(84)62(80-67(85)57-55-53-51-49-47-45-43-41-39-36-24-22-20-18-16-14-12-10-8-6-4-2)61-93-77-73(91)70(88)75(65(59-82)95-77)98-79-74(92)71(89)76(66(60-83)96-79)97-78-72(90)69(87)68(86)64(58-81)94-78/h6,8,12,14,18,20,24,36,41,43,47,49,62-66,68-79,81-84,86-92H,3-5,7,9-11,13,15-17,19,21-23,25-35,37-40,42,44-46,48,50-61H2,1-2H3,(H,80,85)/b8-6-,14-12-,20-18-,36-24-,43-41-,49-47-. The van der Waals surface area contributed by atoms with Gasteiger partial charge < -0.3 is 89.9 Å². The fraction of sp³-hybridized carbons (Fsp3) is 0.835. The molecule has 1 amide bonds. The van der Waals surface area contributed by atoms with Crippen molar-refractivity contribution in [1.29, 1.82) is 0 Å². The van der Waals surface area contributed by atoms with Gasteiger partial charge in [-0.25, -0.2) is 0 Å². The summed E-state index contributed by atoms with van der Waals surface area (Å²) >= 11 is 0. The minimum Gasteiger partial charge on any atom is -0.394 e. The van der Waals surface area contributed by atoms with E-state index >= 15 is 0 Å². The van der Waals surface area contributed by atoms with Crippen LogP contribution in [0.15, 0.2) is 72.9 Å². The van der Waals surface area contributed by atoms with Gasteiger partial charge in [0.25, 0.3) is 0 Å². The van der Waals surface area contributed by atoms with Gasteiger partial charge in [0.1, 0.15) is 73.2 Å². The average Bonchev–Trinajstić information content (AvgIpc) is 0.784. The minimum atomic E-state index is -1.98. The molecule has 0 aromatic carbocycles. The molecule has 17 unspecified atom stereocenters. The number of carbonyl (C=O) groups excluding carboxylic acids is 1. The van der Waals surface area contributed by atoms with Gasteiger partial charge in [0, 0.05) is 6.42 Å². The summed E-state index contributed by atoms with van der Waals surface area (Å²) in [7, 11) is 0. The van der Waals surface area contributed by atoms with E-state index < -0.39 is 124 Å². The molecule has 0 bridgehead atoms. The maximum atomic E-state index is 13.4. The average molecular weight is 1390 g/mol. The predicted octanol–water partition coefficient (Wildman–Crippen LogP) is 12.4. The van der Waals surface area contributed by atoms with Crippen LogP contribution in [0.25, 0.3) is 0 Å². The molecule has 3 aliphatic rings. The predicted molar refractivity (Wildman–Crippen MR) is 388 cm³/mol. The molecule has 3 heterocycles. The molecule has 17 atom stereocenters. The number of hydrogen-bond acceptors (Lipinski definition) is 18. The topological polar surface area (TPSA) is 307 Å². The van der Waals surface area contributed by atoms with Crippen LogP contribution in [-0.2, 0) is 33.2 Å². The first-order valence-corrected chi connectivity index (χ1v) is 39.2. The summed E-state index contributed by atoms with van der Waals surface area (Å²) < 4.78 is 34.5. The Kier molecular flexibility index (Phi) is 54.4. The summed E-state index contributed by atoms with van der Waals surface area (Å²) in [5.41, 5.74) is 0. The highest BCUT2D eigenvalue weighted by Crippen LogP contribution is 2.33. The van der Waals surface area contributed by atoms with Crippen LogP contribution in [0.5, 0.6) is 0 Å². The molecule has 0 aliphatic carbocycles. The fourth-order valence-corrected chi connectivity index (χ4v) is 13.0. The first kappa shape index (κ1) is 89.4. The molecule has 3 saturated heterocycles. The highest BCUT2D eigenvalue weighted by Gasteiger charge is 2.54. The maximum Gasteiger partial charge on any atom is 0.220 e. The number of aliphatic hydroxyl groups is 11. The Labute approximate surface area is 591 Å². The third-order valence-corrected chi connectivity index (χ3v) is 19.3. The number of amides is 1. The lowest BCUT2D eigenvalue weighted by atomic mass is 9.96. The molecule has 3 rings (SSSR count). The van der Waals surface area contributed by atoms with Crippen LogP contribution >= 0.6 is 0 Å². The Bertz CT molecular complexity index is 2050. The second kappa shape index (κ2) is 59.6. The van der Waals surface area contributed by atoms with E-state index in [2.05, 4.69) is 92.1 Å². The van der Waals surface area contributed by atoms with E-state index in [1.807, 2.05) is 0 Å². The lowest BCUT2D eigenvalue weighted by Crippen LogP contribution is -2.66. The van der Waals surface area contributed by atoms with E-state index in [1.165, 1.54) is 180 Å². The van der Waals surface area contributed by atoms with E-state index in [1.54, 1.807) is 0 Å². The Morgan fingerprint density at radius 1 is 0.378 bits per heavy atom. The second-order valence-electron chi connectivity index (χ2n) is 27.8. The number of allylic oxidation sites excluding steroid dienone is 12. The zero-order valence-electron chi connectivity index (χ0n) is 60.8. The zero-order chi connectivity index (χ0) is 71.1. The molecule has 19 nitrogen and oxygen atoms in total. The number of carbonyl (C=O) groups is 1. The first-order valence-electron chi connectivity index (χ1n) is 39.2. The monoisotopic (exact) mass is 1390 g/mol. The molecular weight excluding hydrogens is 1250 g/mol. The largest absolute Gasteiger partial charge is 0.394 e. The number of hydrogen-bond donors (Lipinski definition) is 12. The van der Waals surface area contributed by atoms with Gasteiger partial charge in [0.05, 0.1) is 38.6 Å². The van der Waals surface area contributed by atoms with Gasteiger partial charge in [-0.1, -0.05) is 292 Å². The van der Waals surface area contributed by atoms with Crippen LogP contribution in [0.1, 0.15) is 290 Å². The van der Waals surface area contributed by atoms with Crippen LogP contribution in [0.4, 0.5) is 0 Å². The number of ether oxygens (including phenoxy) is 6. The van der Waals surface area contributed by atoms with Crippen molar-refractivity contribution in [2.75, 3.05) is 26.4 Å². The molecule has 0 aromatic heterocycles. The fourth-order valence-electron chi connectivity index (χ4n) is 13.0. The molecule has 0 aromatic rings. The summed E-state index contributed by atoms with van der Waals surface area (Å²) in [6, 6.07) is -0.917. The van der Waals surface area contributed by atoms with Crippen molar-refractivity contribution >= 4 is 5.91 Å². The van der Waals surface area contributed by atoms with Crippen LogP contribution in [0.3, 0.4) is 0 Å². The van der Waals surface area contributed by atoms with Gasteiger partial charge in [-0.05, 0) is 64.2 Å². The molecule has 98 heavy (non-hydrogen) atoms. The Hall–Kier alpha value is -2.77. The molecule has 12 N–H and O–H groups in total. The lowest BCUT2D eigenvalue weighted by molar-refractivity contribution is -0.379. The number of unbranched alkanes of at least 4 members (excludes halogenated alkanes) is 33. The van der Waals surface area contributed by atoms with E-state index in [-0.39, 0.29) is 18.9 Å². The summed E-state index contributed by atoms with van der Waals surface area (Å²) in [5, 5.41) is 121. The highest BCUT2D eigenvalue weighted by molar-refractivity contribution is 5.76. The van der Waals surface area contributed by atoms with Crippen molar-refractivity contribution in [3.05, 3.63) is 72.9 Å². The molecule has 0 radical (unpaired) electrons. The van der Waals surface area contributed by atoms with Gasteiger partial charge in [0.15, 0.2) is 18.9 Å². The Morgan fingerprint density at radius 2 is 0.704 bits per heavy atom. The first-order chi connectivity index (χ1) is 47.8. The third-order valence-electron chi connectivity index (χ3n) is 19.3. The van der Waals surface area contributed by atoms with E-state index in [4.69, 9.17) is 28.4 Å². The van der Waals surface area contributed by atoms with Crippen LogP contribution in [0.2, 0.25) is 0 Å². The van der Waals surface area contributed by atoms with Gasteiger partial charge in [-0.15, -0.1) is 0 Å². The van der Waals surface area contributed by atoms with Gasteiger partial charge in [-0.2, -0.15) is 0 Å². The second-order valence-corrected chi connectivity index (χ2v) is 27.8. The zero-order valence-corrected chi connectivity index (χ0v) is 60.8.